The second-order valence-corrected chi connectivity index (χ2v) is 4.25. The van der Waals surface area contributed by atoms with Gasteiger partial charge in [0.05, 0.1) is 0 Å². The molecule has 0 aromatic heterocycles. The standard InChI is InChI=1S/C12H18N2O/c1-9(14(2)11-7-13-8-11)10-3-5-12(15)6-4-10/h3-6,9,11,13,15H,7-8H2,1-2H3. The second-order valence-electron chi connectivity index (χ2n) is 4.25. The third kappa shape index (κ3) is 2.13. The summed E-state index contributed by atoms with van der Waals surface area (Å²) >= 11 is 0. The number of likely N-dealkylation sites (N-methyl/N-ethyl adjacent to an activating group) is 1. The van der Waals surface area contributed by atoms with Crippen molar-refractivity contribution in [3.63, 3.8) is 0 Å². The van der Waals surface area contributed by atoms with Crippen LogP contribution in [0.4, 0.5) is 0 Å². The number of hydrogen-bond acceptors (Lipinski definition) is 3. The summed E-state index contributed by atoms with van der Waals surface area (Å²) in [5.74, 6) is 0.332. The molecular formula is C12H18N2O. The first-order valence-corrected chi connectivity index (χ1v) is 5.40. The van der Waals surface area contributed by atoms with Gasteiger partial charge >= 0.3 is 0 Å². The summed E-state index contributed by atoms with van der Waals surface area (Å²) in [5.41, 5.74) is 1.25. The van der Waals surface area contributed by atoms with Gasteiger partial charge in [0, 0.05) is 25.2 Å². The van der Waals surface area contributed by atoms with Gasteiger partial charge in [-0.15, -0.1) is 0 Å². The Hall–Kier alpha value is -1.06. The molecule has 1 atom stereocenters. The molecule has 1 aromatic rings. The molecule has 82 valence electrons. The van der Waals surface area contributed by atoms with Gasteiger partial charge < -0.3 is 10.4 Å². The minimum Gasteiger partial charge on any atom is -0.508 e. The van der Waals surface area contributed by atoms with E-state index in [0.717, 1.165) is 13.1 Å². The number of rotatable bonds is 3. The maximum Gasteiger partial charge on any atom is 0.115 e. The fourth-order valence-corrected chi connectivity index (χ4v) is 1.87. The highest BCUT2D eigenvalue weighted by molar-refractivity contribution is 5.27. The molecule has 3 heteroatoms. The molecule has 0 radical (unpaired) electrons. The van der Waals surface area contributed by atoms with E-state index in [0.29, 0.717) is 17.8 Å². The molecule has 0 aliphatic carbocycles. The van der Waals surface area contributed by atoms with E-state index >= 15 is 0 Å². The van der Waals surface area contributed by atoms with E-state index < -0.39 is 0 Å². The van der Waals surface area contributed by atoms with Crippen LogP contribution in [-0.2, 0) is 0 Å². The number of hydrogen-bond donors (Lipinski definition) is 2. The highest BCUT2D eigenvalue weighted by Gasteiger charge is 2.25. The molecule has 1 saturated heterocycles. The van der Waals surface area contributed by atoms with Gasteiger partial charge in [0.25, 0.3) is 0 Å². The maximum atomic E-state index is 9.22. The van der Waals surface area contributed by atoms with Gasteiger partial charge in [0.1, 0.15) is 5.75 Å². The second kappa shape index (κ2) is 4.21. The Morgan fingerprint density at radius 2 is 1.93 bits per heavy atom. The number of benzene rings is 1. The largest absolute Gasteiger partial charge is 0.508 e. The Morgan fingerprint density at radius 1 is 1.33 bits per heavy atom. The Morgan fingerprint density at radius 3 is 2.40 bits per heavy atom. The first-order valence-electron chi connectivity index (χ1n) is 5.40. The maximum absolute atomic E-state index is 9.22. The summed E-state index contributed by atoms with van der Waals surface area (Å²) in [5, 5.41) is 12.5. The Bertz CT molecular complexity index is 319. The molecule has 0 saturated carbocycles. The zero-order chi connectivity index (χ0) is 10.8. The molecule has 0 bridgehead atoms. The highest BCUT2D eigenvalue weighted by atomic mass is 16.3. The summed E-state index contributed by atoms with van der Waals surface area (Å²) in [7, 11) is 2.16. The molecule has 1 aliphatic heterocycles. The normalized spacial score (nSPS) is 18.9. The van der Waals surface area contributed by atoms with Crippen LogP contribution < -0.4 is 5.32 Å². The zero-order valence-corrected chi connectivity index (χ0v) is 9.27. The lowest BCUT2D eigenvalue weighted by Crippen LogP contribution is -2.56. The van der Waals surface area contributed by atoms with Gasteiger partial charge in [-0.2, -0.15) is 0 Å². The lowest BCUT2D eigenvalue weighted by atomic mass is 10.0. The van der Waals surface area contributed by atoms with Crippen LogP contribution in [-0.4, -0.2) is 36.2 Å². The van der Waals surface area contributed by atoms with E-state index in [1.807, 2.05) is 12.1 Å². The molecule has 1 heterocycles. The third-order valence-corrected chi connectivity index (χ3v) is 3.32. The van der Waals surface area contributed by atoms with Crippen molar-refractivity contribution in [3.05, 3.63) is 29.8 Å². The van der Waals surface area contributed by atoms with Crippen molar-refractivity contribution >= 4 is 0 Å². The minimum absolute atomic E-state index is 0.332. The summed E-state index contributed by atoms with van der Waals surface area (Å²) in [6.45, 7) is 4.36. The van der Waals surface area contributed by atoms with E-state index in [2.05, 4.69) is 24.2 Å². The first kappa shape index (κ1) is 10.5. The predicted octanol–water partition coefficient (Wildman–Crippen LogP) is 1.36. The first-order chi connectivity index (χ1) is 7.18. The molecule has 2 N–H and O–H groups in total. The molecule has 2 rings (SSSR count). The quantitative estimate of drug-likeness (QED) is 0.783. The van der Waals surface area contributed by atoms with Crippen molar-refractivity contribution in [2.45, 2.75) is 19.0 Å². The molecule has 0 spiro atoms. The van der Waals surface area contributed by atoms with Crippen LogP contribution in [0.5, 0.6) is 5.75 Å². The lowest BCUT2D eigenvalue weighted by molar-refractivity contribution is 0.136. The number of phenols is 1. The molecule has 3 nitrogen and oxygen atoms in total. The molecular weight excluding hydrogens is 188 g/mol. The molecule has 1 aliphatic rings. The number of nitrogens with one attached hydrogen (secondary N) is 1. The summed E-state index contributed by atoms with van der Waals surface area (Å²) in [6, 6.07) is 8.52. The van der Waals surface area contributed by atoms with E-state index in [-0.39, 0.29) is 0 Å². The van der Waals surface area contributed by atoms with Crippen LogP contribution in [0.15, 0.2) is 24.3 Å². The Balaban J connectivity index is 2.05. The Kier molecular flexibility index (Phi) is 2.93. The van der Waals surface area contributed by atoms with E-state index in [1.54, 1.807) is 12.1 Å². The SMILES string of the molecule is CC(c1ccc(O)cc1)N(C)C1CNC1. The van der Waals surface area contributed by atoms with E-state index in [1.165, 1.54) is 5.56 Å². The van der Waals surface area contributed by atoms with Crippen LogP contribution in [0, 0.1) is 0 Å². The third-order valence-electron chi connectivity index (χ3n) is 3.32. The smallest absolute Gasteiger partial charge is 0.115 e. The lowest BCUT2D eigenvalue weighted by Gasteiger charge is -2.39. The number of phenolic OH excluding ortho intramolecular Hbond substituents is 1. The van der Waals surface area contributed by atoms with Gasteiger partial charge in [0.2, 0.25) is 0 Å². The zero-order valence-electron chi connectivity index (χ0n) is 9.27. The van der Waals surface area contributed by atoms with Gasteiger partial charge in [-0.3, -0.25) is 4.90 Å². The predicted molar refractivity (Wildman–Crippen MR) is 60.9 cm³/mol. The van der Waals surface area contributed by atoms with Crippen LogP contribution in [0.2, 0.25) is 0 Å². The van der Waals surface area contributed by atoms with E-state index in [4.69, 9.17) is 0 Å². The van der Waals surface area contributed by atoms with Gasteiger partial charge in [0.15, 0.2) is 0 Å². The van der Waals surface area contributed by atoms with Gasteiger partial charge in [-0.1, -0.05) is 12.1 Å². The summed E-state index contributed by atoms with van der Waals surface area (Å²) < 4.78 is 0. The molecule has 1 fully saturated rings. The summed E-state index contributed by atoms with van der Waals surface area (Å²) in [6.07, 6.45) is 0. The Labute approximate surface area is 90.7 Å². The average molecular weight is 206 g/mol. The van der Waals surface area contributed by atoms with Crippen LogP contribution in [0.3, 0.4) is 0 Å². The number of nitrogens with zero attached hydrogens (tertiary/aromatic N) is 1. The van der Waals surface area contributed by atoms with Crippen molar-refractivity contribution in [1.82, 2.24) is 10.2 Å². The van der Waals surface area contributed by atoms with Crippen molar-refractivity contribution in [3.8, 4) is 5.75 Å². The minimum atomic E-state index is 0.332. The van der Waals surface area contributed by atoms with Crippen molar-refractivity contribution in [2.24, 2.45) is 0 Å². The monoisotopic (exact) mass is 206 g/mol. The van der Waals surface area contributed by atoms with Gasteiger partial charge in [-0.25, -0.2) is 0 Å². The fraction of sp³-hybridized carbons (Fsp3) is 0.500. The topological polar surface area (TPSA) is 35.5 Å². The highest BCUT2D eigenvalue weighted by Crippen LogP contribution is 2.23. The van der Waals surface area contributed by atoms with Crippen molar-refractivity contribution in [2.75, 3.05) is 20.1 Å². The van der Waals surface area contributed by atoms with Crippen LogP contribution in [0.25, 0.3) is 0 Å². The van der Waals surface area contributed by atoms with Crippen LogP contribution in [0.1, 0.15) is 18.5 Å². The summed E-state index contributed by atoms with van der Waals surface area (Å²) in [4.78, 5) is 2.38. The van der Waals surface area contributed by atoms with Crippen molar-refractivity contribution < 1.29 is 5.11 Å². The van der Waals surface area contributed by atoms with E-state index in [9.17, 15) is 5.11 Å². The molecule has 15 heavy (non-hydrogen) atoms. The van der Waals surface area contributed by atoms with Crippen molar-refractivity contribution in [1.29, 1.82) is 0 Å². The molecule has 0 amide bonds. The fourth-order valence-electron chi connectivity index (χ4n) is 1.87. The van der Waals surface area contributed by atoms with Crippen LogP contribution >= 0.6 is 0 Å². The molecule has 1 aromatic carbocycles. The van der Waals surface area contributed by atoms with Gasteiger partial charge in [-0.05, 0) is 31.7 Å². The number of aromatic hydroxyl groups is 1. The molecule has 1 unspecified atom stereocenters. The average Bonchev–Trinajstić information content (AvgIpc) is 2.15.